The molecule has 1 N–H and O–H groups in total. The maximum Gasteiger partial charge on any atom is 0.338 e. The number of hydrogen-bond donors (Lipinski definition) is 1. The minimum absolute atomic E-state index is 0.139. The molecule has 1 aromatic carbocycles. The highest BCUT2D eigenvalue weighted by Gasteiger charge is 2.25. The van der Waals surface area contributed by atoms with Crippen LogP contribution < -0.4 is 0 Å². The number of benzene rings is 1. The lowest BCUT2D eigenvalue weighted by Gasteiger charge is -2.19. The van der Waals surface area contributed by atoms with Crippen LogP contribution in [0.2, 0.25) is 5.02 Å². The predicted octanol–water partition coefficient (Wildman–Crippen LogP) is 2.77. The number of aromatic carboxylic acids is 1. The van der Waals surface area contributed by atoms with Crippen LogP contribution >= 0.6 is 11.6 Å². The van der Waals surface area contributed by atoms with E-state index in [0.717, 1.165) is 12.1 Å². The van der Waals surface area contributed by atoms with Gasteiger partial charge in [-0.15, -0.1) is 0 Å². The first-order chi connectivity index (χ1) is 9.44. The van der Waals surface area contributed by atoms with Gasteiger partial charge in [0.25, 0.3) is 0 Å². The van der Waals surface area contributed by atoms with E-state index in [2.05, 4.69) is 0 Å². The third kappa shape index (κ3) is 4.94. The maximum absolute atomic E-state index is 14.0. The van der Waals surface area contributed by atoms with Crippen LogP contribution in [-0.4, -0.2) is 37.5 Å². The van der Waals surface area contributed by atoms with Crippen molar-refractivity contribution in [2.75, 3.05) is 12.4 Å². The highest BCUT2D eigenvalue weighted by atomic mass is 35.5. The maximum atomic E-state index is 14.0. The van der Waals surface area contributed by atoms with E-state index in [4.69, 9.17) is 21.4 Å². The third-order valence-electron chi connectivity index (χ3n) is 2.46. The number of ether oxygens (including phenoxy) is 1. The van der Waals surface area contributed by atoms with E-state index in [-0.39, 0.29) is 11.6 Å². The van der Waals surface area contributed by atoms with E-state index in [9.17, 15) is 17.6 Å². The average Bonchev–Trinajstić information content (AvgIpc) is 2.29. The Hall–Kier alpha value is -1.18. The zero-order valence-corrected chi connectivity index (χ0v) is 13.4. The van der Waals surface area contributed by atoms with Crippen LogP contribution in [0.1, 0.15) is 31.1 Å². The Bertz CT molecular complexity index is 649. The molecule has 0 fully saturated rings. The summed E-state index contributed by atoms with van der Waals surface area (Å²) < 4.78 is 43.5. The molecule has 1 aromatic rings. The molecule has 0 radical (unpaired) electrons. The van der Waals surface area contributed by atoms with Crippen molar-refractivity contribution in [3.8, 4) is 0 Å². The van der Waals surface area contributed by atoms with Crippen LogP contribution in [0.15, 0.2) is 17.0 Å². The lowest BCUT2D eigenvalue weighted by atomic mass is 10.2. The number of carboxylic acid groups (broad SMARTS) is 1. The van der Waals surface area contributed by atoms with Crippen LogP contribution in [0.3, 0.4) is 0 Å². The van der Waals surface area contributed by atoms with Gasteiger partial charge < -0.3 is 9.84 Å². The fourth-order valence-electron chi connectivity index (χ4n) is 1.51. The highest BCUT2D eigenvalue weighted by molar-refractivity contribution is 7.91. The summed E-state index contributed by atoms with van der Waals surface area (Å²) in [6, 6.07) is 1.76. The number of carbonyl (C=O) groups is 1. The molecular formula is C13H16ClFO5S. The Morgan fingerprint density at radius 1 is 1.38 bits per heavy atom. The summed E-state index contributed by atoms with van der Waals surface area (Å²) >= 11 is 5.65. The van der Waals surface area contributed by atoms with E-state index in [1.807, 2.05) is 0 Å². The molecular weight excluding hydrogens is 323 g/mol. The minimum Gasteiger partial charge on any atom is -0.478 e. The second-order valence-electron chi connectivity index (χ2n) is 5.35. The summed E-state index contributed by atoms with van der Waals surface area (Å²) in [6.07, 6.45) is 0. The molecule has 1 rings (SSSR count). The largest absolute Gasteiger partial charge is 0.478 e. The number of hydrogen-bond acceptors (Lipinski definition) is 4. The fourth-order valence-corrected chi connectivity index (χ4v) is 3.01. The van der Waals surface area contributed by atoms with Crippen molar-refractivity contribution in [3.05, 3.63) is 28.5 Å². The van der Waals surface area contributed by atoms with Crippen LogP contribution in [0, 0.1) is 5.82 Å². The molecule has 0 atom stereocenters. The number of carboxylic acids is 1. The van der Waals surface area contributed by atoms with Gasteiger partial charge in [-0.25, -0.2) is 17.6 Å². The van der Waals surface area contributed by atoms with Crippen molar-refractivity contribution >= 4 is 27.4 Å². The smallest absolute Gasteiger partial charge is 0.338 e. The Labute approximate surface area is 127 Å². The van der Waals surface area contributed by atoms with Gasteiger partial charge in [-0.2, -0.15) is 0 Å². The monoisotopic (exact) mass is 338 g/mol. The average molecular weight is 339 g/mol. The SMILES string of the molecule is CC(C)(C)OCCS(=O)(=O)c1cc(Cl)cc(C(=O)O)c1F. The predicted molar refractivity (Wildman–Crippen MR) is 76.1 cm³/mol. The topological polar surface area (TPSA) is 80.7 Å². The van der Waals surface area contributed by atoms with Crippen molar-refractivity contribution in [3.63, 3.8) is 0 Å². The Morgan fingerprint density at radius 2 is 1.95 bits per heavy atom. The van der Waals surface area contributed by atoms with Crippen molar-refractivity contribution in [1.29, 1.82) is 0 Å². The van der Waals surface area contributed by atoms with Crippen LogP contribution in [0.25, 0.3) is 0 Å². The molecule has 0 unspecified atom stereocenters. The van der Waals surface area contributed by atoms with Gasteiger partial charge in [0, 0.05) is 5.02 Å². The fraction of sp³-hybridized carbons (Fsp3) is 0.462. The summed E-state index contributed by atoms with van der Waals surface area (Å²) in [7, 11) is -4.04. The van der Waals surface area contributed by atoms with Crippen LogP contribution in [0.5, 0.6) is 0 Å². The summed E-state index contributed by atoms with van der Waals surface area (Å²) in [5.74, 6) is -3.37. The second kappa shape index (κ2) is 6.29. The molecule has 0 bridgehead atoms. The third-order valence-corrected chi connectivity index (χ3v) is 4.35. The van der Waals surface area contributed by atoms with Gasteiger partial charge in [-0.05, 0) is 32.9 Å². The zero-order valence-electron chi connectivity index (χ0n) is 11.8. The van der Waals surface area contributed by atoms with Crippen LogP contribution in [0.4, 0.5) is 4.39 Å². The quantitative estimate of drug-likeness (QED) is 0.892. The lowest BCUT2D eigenvalue weighted by Crippen LogP contribution is -2.24. The van der Waals surface area contributed by atoms with Gasteiger partial charge in [0.2, 0.25) is 0 Å². The van der Waals surface area contributed by atoms with E-state index >= 15 is 0 Å². The van der Waals surface area contributed by atoms with Gasteiger partial charge in [0.05, 0.1) is 23.5 Å². The molecule has 0 amide bonds. The molecule has 0 aliphatic rings. The van der Waals surface area contributed by atoms with Crippen molar-refractivity contribution < 1.29 is 27.4 Å². The Morgan fingerprint density at radius 3 is 2.43 bits per heavy atom. The first kappa shape index (κ1) is 17.9. The first-order valence-corrected chi connectivity index (χ1v) is 8.06. The van der Waals surface area contributed by atoms with Crippen molar-refractivity contribution in [2.45, 2.75) is 31.3 Å². The molecule has 0 saturated carbocycles. The highest BCUT2D eigenvalue weighted by Crippen LogP contribution is 2.25. The number of rotatable bonds is 5. The number of sulfone groups is 1. The summed E-state index contributed by atoms with van der Waals surface area (Å²) in [5, 5.41) is 8.68. The summed E-state index contributed by atoms with van der Waals surface area (Å²) in [4.78, 5) is 10.1. The minimum atomic E-state index is -4.04. The van der Waals surface area contributed by atoms with E-state index in [1.165, 1.54) is 0 Å². The molecule has 0 aliphatic heterocycles. The van der Waals surface area contributed by atoms with Crippen molar-refractivity contribution in [2.24, 2.45) is 0 Å². The van der Waals surface area contributed by atoms with Gasteiger partial charge in [-0.1, -0.05) is 11.6 Å². The van der Waals surface area contributed by atoms with Crippen LogP contribution in [-0.2, 0) is 14.6 Å². The molecule has 0 aromatic heterocycles. The van der Waals surface area contributed by atoms with E-state index in [1.54, 1.807) is 20.8 Å². The van der Waals surface area contributed by atoms with E-state index < -0.39 is 43.4 Å². The van der Waals surface area contributed by atoms with Gasteiger partial charge >= 0.3 is 5.97 Å². The lowest BCUT2D eigenvalue weighted by molar-refractivity contribution is 0.00643. The standard InChI is InChI=1S/C13H16ClFO5S/c1-13(2,3)20-4-5-21(18,19)10-7-8(14)6-9(11(10)15)12(16)17/h6-7H,4-5H2,1-3H3,(H,16,17). The summed E-state index contributed by atoms with van der Waals surface area (Å²) in [5.41, 5.74) is -1.31. The Balaban J connectivity index is 3.12. The summed E-state index contributed by atoms with van der Waals surface area (Å²) in [6.45, 7) is 5.12. The zero-order chi connectivity index (χ0) is 16.4. The van der Waals surface area contributed by atoms with E-state index in [0.29, 0.717) is 0 Å². The molecule has 21 heavy (non-hydrogen) atoms. The second-order valence-corrected chi connectivity index (χ2v) is 7.86. The molecule has 0 spiro atoms. The Kier molecular flexibility index (Phi) is 5.35. The first-order valence-electron chi connectivity index (χ1n) is 6.03. The molecule has 8 heteroatoms. The number of halogens is 2. The molecule has 5 nitrogen and oxygen atoms in total. The molecule has 118 valence electrons. The molecule has 0 saturated heterocycles. The normalized spacial score (nSPS) is 12.4. The van der Waals surface area contributed by atoms with Crippen molar-refractivity contribution in [1.82, 2.24) is 0 Å². The van der Waals surface area contributed by atoms with Gasteiger partial charge in [-0.3, -0.25) is 0 Å². The van der Waals surface area contributed by atoms with Gasteiger partial charge in [0.1, 0.15) is 4.90 Å². The van der Waals surface area contributed by atoms with Gasteiger partial charge in [0.15, 0.2) is 15.7 Å². The molecule has 0 heterocycles. The molecule has 0 aliphatic carbocycles.